The predicted octanol–water partition coefficient (Wildman–Crippen LogP) is 1.51. The van der Waals surface area contributed by atoms with E-state index >= 15 is 0 Å². The summed E-state index contributed by atoms with van der Waals surface area (Å²) in [5, 5.41) is 11.7. The number of thioether (sulfide) groups is 1. The van der Waals surface area contributed by atoms with Crippen LogP contribution in [-0.2, 0) is 16.0 Å². The van der Waals surface area contributed by atoms with Crippen molar-refractivity contribution in [1.82, 2.24) is 14.7 Å². The van der Waals surface area contributed by atoms with E-state index in [0.29, 0.717) is 17.9 Å². The monoisotopic (exact) mass is 321 g/mol. The molecule has 0 saturated carbocycles. The Bertz CT molecular complexity index is 684. The first-order valence-electron chi connectivity index (χ1n) is 6.95. The Labute approximate surface area is 132 Å². The first-order chi connectivity index (χ1) is 10.5. The Morgan fingerprint density at radius 1 is 1.50 bits per heavy atom. The van der Waals surface area contributed by atoms with Gasteiger partial charge in [0, 0.05) is 12.4 Å². The minimum Gasteiger partial charge on any atom is -0.480 e. The number of aryl methyl sites for hydroxylation is 1. The number of aliphatic carboxylic acids is 1. The molecule has 2 heterocycles. The van der Waals surface area contributed by atoms with Gasteiger partial charge < -0.3 is 14.8 Å². The van der Waals surface area contributed by atoms with Crippen LogP contribution in [0.1, 0.15) is 17.7 Å². The van der Waals surface area contributed by atoms with Crippen molar-refractivity contribution in [2.75, 3.05) is 12.0 Å². The lowest BCUT2D eigenvalue weighted by Gasteiger charge is -2.13. The Balaban J connectivity index is 2.03. The number of amides is 1. The third-order valence-corrected chi connectivity index (χ3v) is 3.96. The summed E-state index contributed by atoms with van der Waals surface area (Å²) < 4.78 is 1.86. The molecule has 22 heavy (non-hydrogen) atoms. The number of pyridine rings is 1. The summed E-state index contributed by atoms with van der Waals surface area (Å²) in [5.41, 5.74) is 2.46. The fourth-order valence-electron chi connectivity index (χ4n) is 2.19. The van der Waals surface area contributed by atoms with E-state index in [9.17, 15) is 9.59 Å². The van der Waals surface area contributed by atoms with Crippen LogP contribution in [0, 0.1) is 6.92 Å². The molecule has 0 saturated heterocycles. The van der Waals surface area contributed by atoms with Crippen molar-refractivity contribution in [2.24, 2.45) is 0 Å². The maximum absolute atomic E-state index is 12.0. The molecule has 118 valence electrons. The average molecular weight is 321 g/mol. The van der Waals surface area contributed by atoms with Crippen LogP contribution in [0.5, 0.6) is 0 Å². The summed E-state index contributed by atoms with van der Waals surface area (Å²) in [4.78, 5) is 27.6. The number of fused-ring (bicyclic) bond motifs is 1. The second-order valence-electron chi connectivity index (χ2n) is 5.07. The van der Waals surface area contributed by atoms with Crippen molar-refractivity contribution in [2.45, 2.75) is 25.8 Å². The van der Waals surface area contributed by atoms with Gasteiger partial charge in [0.15, 0.2) is 0 Å². The summed E-state index contributed by atoms with van der Waals surface area (Å²) in [6, 6.07) is 3.02. The molecule has 0 aromatic carbocycles. The molecule has 0 fully saturated rings. The molecule has 0 spiro atoms. The van der Waals surface area contributed by atoms with E-state index in [-0.39, 0.29) is 12.3 Å². The molecular formula is C15H19N3O3S. The molecule has 0 aliphatic carbocycles. The fourth-order valence-corrected chi connectivity index (χ4v) is 2.66. The summed E-state index contributed by atoms with van der Waals surface area (Å²) in [6.07, 6.45) is 6.05. The molecule has 2 aromatic rings. The third kappa shape index (κ3) is 4.00. The van der Waals surface area contributed by atoms with Gasteiger partial charge in [-0.05, 0) is 37.0 Å². The Morgan fingerprint density at radius 3 is 2.91 bits per heavy atom. The highest BCUT2D eigenvalue weighted by Crippen LogP contribution is 2.10. The lowest BCUT2D eigenvalue weighted by atomic mass is 10.2. The number of carbonyl (C=O) groups excluding carboxylic acids is 1. The lowest BCUT2D eigenvalue weighted by Crippen LogP contribution is -2.41. The zero-order valence-electron chi connectivity index (χ0n) is 12.6. The predicted molar refractivity (Wildman–Crippen MR) is 86.2 cm³/mol. The number of nitrogens with zero attached hydrogens (tertiary/aromatic N) is 2. The molecule has 1 atom stereocenters. The highest BCUT2D eigenvalue weighted by molar-refractivity contribution is 7.98. The van der Waals surface area contributed by atoms with Gasteiger partial charge in [0.25, 0.3) is 0 Å². The molecule has 2 aromatic heterocycles. The number of imidazole rings is 1. The number of hydrogen-bond acceptors (Lipinski definition) is 4. The molecule has 7 heteroatoms. The number of hydrogen-bond donors (Lipinski definition) is 2. The number of aromatic nitrogens is 2. The van der Waals surface area contributed by atoms with Gasteiger partial charge >= 0.3 is 5.97 Å². The van der Waals surface area contributed by atoms with Gasteiger partial charge in [0.2, 0.25) is 5.91 Å². The number of carboxylic acids is 1. The average Bonchev–Trinajstić information content (AvgIpc) is 2.87. The van der Waals surface area contributed by atoms with Crippen molar-refractivity contribution in [3.8, 4) is 0 Å². The maximum Gasteiger partial charge on any atom is 0.326 e. The van der Waals surface area contributed by atoms with Gasteiger partial charge in [-0.25, -0.2) is 9.78 Å². The third-order valence-electron chi connectivity index (χ3n) is 3.31. The van der Waals surface area contributed by atoms with Gasteiger partial charge in [-0.15, -0.1) is 0 Å². The fraction of sp³-hybridized carbons (Fsp3) is 0.400. The zero-order chi connectivity index (χ0) is 16.1. The molecule has 0 radical (unpaired) electrons. The largest absolute Gasteiger partial charge is 0.480 e. The van der Waals surface area contributed by atoms with Crippen molar-refractivity contribution in [1.29, 1.82) is 0 Å². The van der Waals surface area contributed by atoms with E-state index in [2.05, 4.69) is 10.3 Å². The van der Waals surface area contributed by atoms with E-state index in [1.54, 1.807) is 18.0 Å². The minimum absolute atomic E-state index is 0.0736. The Kier molecular flexibility index (Phi) is 5.43. The maximum atomic E-state index is 12.0. The number of rotatable bonds is 7. The lowest BCUT2D eigenvalue weighted by molar-refractivity contribution is -0.141. The van der Waals surface area contributed by atoms with Crippen LogP contribution in [-0.4, -0.2) is 44.4 Å². The van der Waals surface area contributed by atoms with Gasteiger partial charge in [0.05, 0.1) is 12.1 Å². The molecule has 1 amide bonds. The molecule has 2 N–H and O–H groups in total. The van der Waals surface area contributed by atoms with E-state index in [1.807, 2.05) is 35.9 Å². The van der Waals surface area contributed by atoms with Gasteiger partial charge in [-0.1, -0.05) is 6.07 Å². The van der Waals surface area contributed by atoms with Crippen molar-refractivity contribution in [3.05, 3.63) is 35.8 Å². The van der Waals surface area contributed by atoms with E-state index in [0.717, 1.165) is 11.2 Å². The second kappa shape index (κ2) is 7.31. The Morgan fingerprint density at radius 2 is 2.27 bits per heavy atom. The van der Waals surface area contributed by atoms with Crippen LogP contribution in [0.15, 0.2) is 24.5 Å². The minimum atomic E-state index is -1.01. The van der Waals surface area contributed by atoms with Crippen LogP contribution >= 0.6 is 11.8 Å². The SMILES string of the molecule is CSCCC(NC(=O)Cc1cn2cccc(C)c2n1)C(=O)O. The van der Waals surface area contributed by atoms with Crippen molar-refractivity contribution >= 4 is 29.3 Å². The zero-order valence-corrected chi connectivity index (χ0v) is 13.4. The summed E-state index contributed by atoms with van der Waals surface area (Å²) >= 11 is 1.55. The molecule has 6 nitrogen and oxygen atoms in total. The smallest absolute Gasteiger partial charge is 0.326 e. The van der Waals surface area contributed by atoms with Crippen LogP contribution in [0.2, 0.25) is 0 Å². The van der Waals surface area contributed by atoms with Gasteiger partial charge in [-0.3, -0.25) is 4.79 Å². The number of nitrogens with one attached hydrogen (secondary N) is 1. The van der Waals surface area contributed by atoms with Crippen LogP contribution in [0.3, 0.4) is 0 Å². The normalized spacial score (nSPS) is 12.3. The molecule has 0 bridgehead atoms. The summed E-state index contributed by atoms with van der Waals surface area (Å²) in [7, 11) is 0. The highest BCUT2D eigenvalue weighted by Gasteiger charge is 2.20. The molecular weight excluding hydrogens is 302 g/mol. The highest BCUT2D eigenvalue weighted by atomic mass is 32.2. The van der Waals surface area contributed by atoms with Crippen LogP contribution in [0.4, 0.5) is 0 Å². The van der Waals surface area contributed by atoms with E-state index in [1.165, 1.54) is 0 Å². The summed E-state index contributed by atoms with van der Waals surface area (Å²) in [6.45, 7) is 1.95. The van der Waals surface area contributed by atoms with Crippen molar-refractivity contribution < 1.29 is 14.7 Å². The van der Waals surface area contributed by atoms with Crippen LogP contribution < -0.4 is 5.32 Å². The van der Waals surface area contributed by atoms with E-state index in [4.69, 9.17) is 5.11 Å². The second-order valence-corrected chi connectivity index (χ2v) is 6.06. The molecule has 2 rings (SSSR count). The standard InChI is InChI=1S/C15H19N3O3S/c1-10-4-3-6-18-9-11(16-14(10)18)8-13(19)17-12(15(20)21)5-7-22-2/h3-4,6,9,12H,5,7-8H2,1-2H3,(H,17,19)(H,20,21). The topological polar surface area (TPSA) is 83.7 Å². The quantitative estimate of drug-likeness (QED) is 0.807. The number of carboxylic acid groups (broad SMARTS) is 1. The first-order valence-corrected chi connectivity index (χ1v) is 8.35. The molecule has 0 aliphatic heterocycles. The summed E-state index contributed by atoms with van der Waals surface area (Å²) in [5.74, 6) is -0.645. The molecule has 1 unspecified atom stereocenters. The van der Waals surface area contributed by atoms with E-state index < -0.39 is 12.0 Å². The molecule has 0 aliphatic rings. The first kappa shape index (κ1) is 16.4. The Hall–Kier alpha value is -2.02. The van der Waals surface area contributed by atoms with Crippen LogP contribution in [0.25, 0.3) is 5.65 Å². The van der Waals surface area contributed by atoms with Crippen molar-refractivity contribution in [3.63, 3.8) is 0 Å². The number of carbonyl (C=O) groups is 2. The van der Waals surface area contributed by atoms with Gasteiger partial charge in [-0.2, -0.15) is 11.8 Å². The van der Waals surface area contributed by atoms with Gasteiger partial charge in [0.1, 0.15) is 11.7 Å².